The number of rotatable bonds is 1. The summed E-state index contributed by atoms with van der Waals surface area (Å²) in [5.41, 5.74) is 2.11. The van der Waals surface area contributed by atoms with E-state index in [4.69, 9.17) is 0 Å². The summed E-state index contributed by atoms with van der Waals surface area (Å²) in [7, 11) is 2.03. The van der Waals surface area contributed by atoms with E-state index in [1.165, 1.54) is 0 Å². The van der Waals surface area contributed by atoms with Crippen molar-refractivity contribution >= 4 is 32.9 Å². The van der Waals surface area contributed by atoms with E-state index in [9.17, 15) is 5.11 Å². The molecule has 1 N–H and O–H groups in total. The number of imidazole rings is 1. The van der Waals surface area contributed by atoms with Gasteiger partial charge >= 0.3 is 0 Å². The molecule has 1 fully saturated rings. The molecular weight excluding hydrogens is 294 g/mol. The molecule has 1 saturated heterocycles. The average Bonchev–Trinajstić information content (AvgIpc) is 2.66. The lowest BCUT2D eigenvalue weighted by molar-refractivity contribution is 0.153. The van der Waals surface area contributed by atoms with E-state index in [0.29, 0.717) is 6.54 Å². The number of aromatic nitrogens is 2. The fourth-order valence-electron chi connectivity index (χ4n) is 2.58. The Labute approximate surface area is 114 Å². The number of aryl methyl sites for hydroxylation is 1. The van der Waals surface area contributed by atoms with Crippen LogP contribution in [0.15, 0.2) is 22.7 Å². The molecule has 18 heavy (non-hydrogen) atoms. The molecule has 0 spiro atoms. The maximum Gasteiger partial charge on any atom is 0.206 e. The zero-order chi connectivity index (χ0) is 12.7. The first-order valence-corrected chi connectivity index (χ1v) is 6.99. The molecule has 3 rings (SSSR count). The maximum atomic E-state index is 9.76. The Morgan fingerprint density at radius 3 is 3.06 bits per heavy atom. The highest BCUT2D eigenvalue weighted by atomic mass is 79.9. The van der Waals surface area contributed by atoms with Crippen LogP contribution in [0, 0.1) is 0 Å². The minimum absolute atomic E-state index is 0.231. The molecule has 1 aliphatic heterocycles. The number of aliphatic hydroxyl groups excluding tert-OH is 1. The molecule has 2 aromatic rings. The number of halogens is 1. The molecule has 96 valence electrons. The molecule has 1 unspecified atom stereocenters. The van der Waals surface area contributed by atoms with Crippen molar-refractivity contribution in [2.75, 3.05) is 18.0 Å². The van der Waals surface area contributed by atoms with Crippen LogP contribution in [0.4, 0.5) is 5.95 Å². The zero-order valence-electron chi connectivity index (χ0n) is 10.3. The van der Waals surface area contributed by atoms with E-state index in [0.717, 1.165) is 40.8 Å². The topological polar surface area (TPSA) is 41.3 Å². The van der Waals surface area contributed by atoms with Crippen LogP contribution in [0.25, 0.3) is 11.0 Å². The number of hydrogen-bond donors (Lipinski definition) is 1. The van der Waals surface area contributed by atoms with Crippen LogP contribution in [0.5, 0.6) is 0 Å². The minimum atomic E-state index is -0.231. The molecule has 1 atom stereocenters. The molecular formula is C13H16BrN3O. The maximum absolute atomic E-state index is 9.76. The second-order valence-electron chi connectivity index (χ2n) is 4.85. The lowest BCUT2D eigenvalue weighted by Gasteiger charge is -2.30. The number of anilines is 1. The van der Waals surface area contributed by atoms with Gasteiger partial charge in [0.2, 0.25) is 5.95 Å². The molecule has 0 radical (unpaired) electrons. The Morgan fingerprint density at radius 2 is 2.28 bits per heavy atom. The van der Waals surface area contributed by atoms with Gasteiger partial charge in [-0.05, 0) is 31.0 Å². The molecule has 0 amide bonds. The van der Waals surface area contributed by atoms with E-state index < -0.39 is 0 Å². The lowest BCUT2D eigenvalue weighted by Crippen LogP contribution is -2.39. The van der Waals surface area contributed by atoms with Gasteiger partial charge in [0.05, 0.1) is 17.1 Å². The number of benzene rings is 1. The third kappa shape index (κ3) is 2.01. The van der Waals surface area contributed by atoms with E-state index in [1.54, 1.807) is 0 Å². The van der Waals surface area contributed by atoms with Crippen molar-refractivity contribution in [2.24, 2.45) is 7.05 Å². The molecule has 5 heteroatoms. The fourth-order valence-corrected chi connectivity index (χ4v) is 2.93. The Bertz CT molecular complexity index is 581. The first-order valence-electron chi connectivity index (χ1n) is 6.20. The number of β-amino-alcohol motifs (C(OH)–C–C–N with tert-alkyl or cyclic N) is 1. The van der Waals surface area contributed by atoms with Crippen molar-refractivity contribution in [3.63, 3.8) is 0 Å². The largest absolute Gasteiger partial charge is 0.391 e. The van der Waals surface area contributed by atoms with Crippen molar-refractivity contribution in [1.82, 2.24) is 9.55 Å². The summed E-state index contributed by atoms with van der Waals surface area (Å²) in [4.78, 5) is 6.85. The van der Waals surface area contributed by atoms with Gasteiger partial charge in [-0.25, -0.2) is 4.98 Å². The zero-order valence-corrected chi connectivity index (χ0v) is 11.9. The van der Waals surface area contributed by atoms with E-state index in [2.05, 4.69) is 36.4 Å². The van der Waals surface area contributed by atoms with Crippen LogP contribution < -0.4 is 4.90 Å². The molecule has 1 aromatic heterocycles. The number of fused-ring (bicyclic) bond motifs is 1. The number of nitrogens with zero attached hydrogens (tertiary/aromatic N) is 3. The normalized spacial score (nSPS) is 20.6. The molecule has 1 aromatic carbocycles. The Balaban J connectivity index is 2.03. The molecule has 0 bridgehead atoms. The molecule has 2 heterocycles. The van der Waals surface area contributed by atoms with Crippen LogP contribution >= 0.6 is 15.9 Å². The van der Waals surface area contributed by atoms with Gasteiger partial charge in [-0.3, -0.25) is 0 Å². The van der Waals surface area contributed by atoms with Crippen LogP contribution in [-0.4, -0.2) is 33.9 Å². The van der Waals surface area contributed by atoms with Crippen molar-refractivity contribution < 1.29 is 5.11 Å². The third-order valence-electron chi connectivity index (χ3n) is 3.50. The number of piperidine rings is 1. The molecule has 0 aliphatic carbocycles. The molecule has 1 aliphatic rings. The monoisotopic (exact) mass is 309 g/mol. The molecule has 0 saturated carbocycles. The number of aliphatic hydroxyl groups is 1. The summed E-state index contributed by atoms with van der Waals surface area (Å²) in [5.74, 6) is 0.946. The summed E-state index contributed by atoms with van der Waals surface area (Å²) >= 11 is 3.47. The SMILES string of the molecule is Cn1c(N2CCCC(O)C2)nc2cc(Br)ccc21. The lowest BCUT2D eigenvalue weighted by atomic mass is 10.1. The summed E-state index contributed by atoms with van der Waals surface area (Å²) in [6.07, 6.45) is 1.69. The summed E-state index contributed by atoms with van der Waals surface area (Å²) in [5, 5.41) is 9.76. The van der Waals surface area contributed by atoms with Crippen LogP contribution in [0.1, 0.15) is 12.8 Å². The van der Waals surface area contributed by atoms with Gasteiger partial charge in [0.15, 0.2) is 0 Å². The van der Waals surface area contributed by atoms with Crippen LogP contribution in [-0.2, 0) is 7.05 Å². The number of hydrogen-bond acceptors (Lipinski definition) is 3. The summed E-state index contributed by atoms with van der Waals surface area (Å²) in [6.45, 7) is 1.65. The van der Waals surface area contributed by atoms with Gasteiger partial charge in [-0.15, -0.1) is 0 Å². The van der Waals surface area contributed by atoms with E-state index in [1.807, 2.05) is 19.2 Å². The Morgan fingerprint density at radius 1 is 1.44 bits per heavy atom. The highest BCUT2D eigenvalue weighted by Gasteiger charge is 2.21. The Hall–Kier alpha value is -1.07. The fraction of sp³-hybridized carbons (Fsp3) is 0.462. The second kappa shape index (κ2) is 4.55. The molecule has 4 nitrogen and oxygen atoms in total. The quantitative estimate of drug-likeness (QED) is 0.879. The summed E-state index contributed by atoms with van der Waals surface area (Å²) in [6, 6.07) is 6.12. The van der Waals surface area contributed by atoms with Gasteiger partial charge in [0.1, 0.15) is 0 Å². The van der Waals surface area contributed by atoms with E-state index in [-0.39, 0.29) is 6.10 Å². The van der Waals surface area contributed by atoms with E-state index >= 15 is 0 Å². The van der Waals surface area contributed by atoms with Crippen LogP contribution in [0.2, 0.25) is 0 Å². The van der Waals surface area contributed by atoms with Gasteiger partial charge in [-0.2, -0.15) is 0 Å². The average molecular weight is 310 g/mol. The Kier molecular flexibility index (Phi) is 3.03. The van der Waals surface area contributed by atoms with Gasteiger partial charge in [-0.1, -0.05) is 15.9 Å². The predicted molar refractivity (Wildman–Crippen MR) is 75.9 cm³/mol. The predicted octanol–water partition coefficient (Wildman–Crippen LogP) is 2.30. The van der Waals surface area contributed by atoms with Crippen molar-refractivity contribution in [2.45, 2.75) is 18.9 Å². The smallest absolute Gasteiger partial charge is 0.206 e. The van der Waals surface area contributed by atoms with Crippen LogP contribution in [0.3, 0.4) is 0 Å². The van der Waals surface area contributed by atoms with Gasteiger partial charge in [0, 0.05) is 24.6 Å². The third-order valence-corrected chi connectivity index (χ3v) is 3.99. The van der Waals surface area contributed by atoms with Gasteiger partial charge in [0.25, 0.3) is 0 Å². The highest BCUT2D eigenvalue weighted by molar-refractivity contribution is 9.10. The first kappa shape index (κ1) is 12.0. The summed E-state index contributed by atoms with van der Waals surface area (Å²) < 4.78 is 3.14. The second-order valence-corrected chi connectivity index (χ2v) is 5.76. The van der Waals surface area contributed by atoms with Gasteiger partial charge < -0.3 is 14.6 Å². The van der Waals surface area contributed by atoms with Crippen molar-refractivity contribution in [3.05, 3.63) is 22.7 Å². The van der Waals surface area contributed by atoms with Crippen molar-refractivity contribution in [1.29, 1.82) is 0 Å². The highest BCUT2D eigenvalue weighted by Crippen LogP contribution is 2.26. The van der Waals surface area contributed by atoms with Crippen molar-refractivity contribution in [3.8, 4) is 0 Å². The first-order chi connectivity index (χ1) is 8.65. The minimum Gasteiger partial charge on any atom is -0.391 e. The standard InChI is InChI=1S/C13H16BrN3O/c1-16-12-5-4-9(14)7-11(12)15-13(16)17-6-2-3-10(18)8-17/h4-5,7,10,18H,2-3,6,8H2,1H3.